The molecule has 7 heteroatoms. The van der Waals surface area contributed by atoms with Gasteiger partial charge in [0.15, 0.2) is 0 Å². The number of hydrogen-bond donors (Lipinski definition) is 0. The zero-order chi connectivity index (χ0) is 14.5. The third-order valence-electron chi connectivity index (χ3n) is 3.24. The summed E-state index contributed by atoms with van der Waals surface area (Å²) in [5.74, 6) is 1.01. The van der Waals surface area contributed by atoms with Crippen LogP contribution in [0.5, 0.6) is 0 Å². The maximum absolute atomic E-state index is 11.1. The first kappa shape index (κ1) is 19.4. The Balaban J connectivity index is 0.00000361. The largest absolute Gasteiger partial charge is 1.00 e. The molecule has 0 saturated heterocycles. The van der Waals surface area contributed by atoms with Crippen molar-refractivity contribution in [2.75, 3.05) is 31.9 Å². The van der Waals surface area contributed by atoms with Crippen molar-refractivity contribution >= 4 is 28.9 Å². The molecule has 0 atom stereocenters. The van der Waals surface area contributed by atoms with Crippen LogP contribution in [-0.4, -0.2) is 41.3 Å². The third-order valence-corrected chi connectivity index (χ3v) is 3.58. The van der Waals surface area contributed by atoms with Gasteiger partial charge in [-0.15, -0.1) is 23.2 Å². The van der Waals surface area contributed by atoms with Crippen molar-refractivity contribution in [3.63, 3.8) is 0 Å². The van der Waals surface area contributed by atoms with E-state index >= 15 is 0 Å². The number of benzene rings is 1. The number of hydrogen-bond acceptors (Lipinski definition) is 2. The molecular weight excluding hydrogens is 323 g/mol. The molecule has 20 heavy (non-hydrogen) atoms. The van der Waals surface area contributed by atoms with Gasteiger partial charge in [-0.3, -0.25) is 10.1 Å². The first-order valence-electron chi connectivity index (χ1n) is 6.11. The van der Waals surface area contributed by atoms with Gasteiger partial charge in [-0.2, -0.15) is 0 Å². The van der Waals surface area contributed by atoms with Gasteiger partial charge < -0.3 is 16.9 Å². The molecule has 0 N–H and O–H groups in total. The smallest absolute Gasteiger partial charge is 0.278 e. The van der Waals surface area contributed by atoms with Gasteiger partial charge in [-0.1, -0.05) is 6.07 Å². The van der Waals surface area contributed by atoms with Gasteiger partial charge in [0.1, 0.15) is 6.54 Å². The van der Waals surface area contributed by atoms with Gasteiger partial charge in [0.2, 0.25) is 0 Å². The van der Waals surface area contributed by atoms with Crippen LogP contribution < -0.4 is 12.4 Å². The van der Waals surface area contributed by atoms with Gasteiger partial charge in [-0.05, 0) is 18.6 Å². The Morgan fingerprint density at radius 2 is 1.80 bits per heavy atom. The maximum Gasteiger partial charge on any atom is 0.278 e. The number of nitro benzene ring substituents is 1. The molecule has 0 saturated carbocycles. The van der Waals surface area contributed by atoms with Crippen molar-refractivity contribution in [2.45, 2.75) is 13.5 Å². The minimum absolute atomic E-state index is 0. The highest BCUT2D eigenvalue weighted by Gasteiger charge is 2.25. The second-order valence-electron chi connectivity index (χ2n) is 4.99. The van der Waals surface area contributed by atoms with E-state index in [0.717, 1.165) is 24.2 Å². The molecule has 0 fully saturated rings. The van der Waals surface area contributed by atoms with Crippen LogP contribution in [0, 0.1) is 17.0 Å². The molecular formula is C13H19Cl3N2O2. The molecule has 1 rings (SSSR count). The first-order chi connectivity index (χ1) is 8.91. The lowest BCUT2D eigenvalue weighted by molar-refractivity contribution is -0.918. The normalized spacial score (nSPS) is 11.0. The molecule has 1 aromatic rings. The zero-order valence-corrected chi connectivity index (χ0v) is 13.9. The average molecular weight is 342 g/mol. The number of rotatable bonds is 7. The fourth-order valence-corrected chi connectivity index (χ4v) is 2.88. The van der Waals surface area contributed by atoms with E-state index in [1.807, 2.05) is 26.1 Å². The fourth-order valence-electron chi connectivity index (χ4n) is 2.07. The minimum atomic E-state index is -0.325. The molecule has 0 aliphatic rings. The molecule has 0 radical (unpaired) electrons. The first-order valence-corrected chi connectivity index (χ1v) is 7.18. The number of halogens is 3. The molecule has 0 spiro atoms. The highest BCUT2D eigenvalue weighted by molar-refractivity contribution is 6.18. The highest BCUT2D eigenvalue weighted by atomic mass is 35.5. The molecule has 4 nitrogen and oxygen atoms in total. The Morgan fingerprint density at radius 1 is 1.25 bits per heavy atom. The molecule has 114 valence electrons. The van der Waals surface area contributed by atoms with Gasteiger partial charge in [0, 0.05) is 6.07 Å². The maximum atomic E-state index is 11.1. The third kappa shape index (κ3) is 5.44. The topological polar surface area (TPSA) is 43.1 Å². The van der Waals surface area contributed by atoms with Crippen LogP contribution in [0.15, 0.2) is 18.2 Å². The van der Waals surface area contributed by atoms with E-state index in [2.05, 4.69) is 0 Å². The summed E-state index contributed by atoms with van der Waals surface area (Å²) in [6.07, 6.45) is 0. The Labute approximate surface area is 135 Å². The van der Waals surface area contributed by atoms with Crippen LogP contribution in [0.2, 0.25) is 0 Å². The van der Waals surface area contributed by atoms with Crippen LogP contribution in [-0.2, 0) is 6.54 Å². The van der Waals surface area contributed by atoms with Crippen molar-refractivity contribution in [1.82, 2.24) is 0 Å². The van der Waals surface area contributed by atoms with E-state index in [0.29, 0.717) is 22.8 Å². The van der Waals surface area contributed by atoms with Crippen LogP contribution in [0.4, 0.5) is 5.69 Å². The van der Waals surface area contributed by atoms with E-state index in [9.17, 15) is 10.1 Å². The highest BCUT2D eigenvalue weighted by Crippen LogP contribution is 2.24. The summed E-state index contributed by atoms with van der Waals surface area (Å²) in [5.41, 5.74) is 1.79. The number of nitrogens with zero attached hydrogens (tertiary/aromatic N) is 2. The van der Waals surface area contributed by atoms with Crippen LogP contribution in [0.3, 0.4) is 0 Å². The van der Waals surface area contributed by atoms with Crippen LogP contribution in [0.25, 0.3) is 0 Å². The van der Waals surface area contributed by atoms with Crippen molar-refractivity contribution in [2.24, 2.45) is 0 Å². The summed E-state index contributed by atoms with van der Waals surface area (Å²) < 4.78 is 0.608. The number of aryl methyl sites for hydroxylation is 1. The lowest BCUT2D eigenvalue weighted by atomic mass is 10.1. The number of quaternary nitrogens is 1. The summed E-state index contributed by atoms with van der Waals surface area (Å²) in [7, 11) is 2.02. The number of nitro groups is 1. The van der Waals surface area contributed by atoms with Gasteiger partial charge in [0.25, 0.3) is 5.69 Å². The monoisotopic (exact) mass is 340 g/mol. The molecule has 1 aromatic carbocycles. The van der Waals surface area contributed by atoms with Crippen molar-refractivity contribution in [1.29, 1.82) is 0 Å². The SMILES string of the molecule is Cc1ccc(C[N+](C)(CCCl)CCCl)c([N+](=O)[O-])c1.[Cl-]. The molecule has 0 bridgehead atoms. The second kappa shape index (κ2) is 8.67. The molecule has 0 amide bonds. The van der Waals surface area contributed by atoms with Gasteiger partial charge >= 0.3 is 0 Å². The number of alkyl halides is 2. The standard InChI is InChI=1S/C13H19Cl2N2O2.ClH/c1-11-3-4-12(13(9-11)16(18)19)10-17(2,7-5-14)8-6-15;/h3-4,9H,5-8,10H2,1-2H3;1H/q+1;/p-1. The summed E-state index contributed by atoms with van der Waals surface area (Å²) >= 11 is 11.6. The second-order valence-corrected chi connectivity index (χ2v) is 5.75. The lowest BCUT2D eigenvalue weighted by Crippen LogP contribution is -3.00. The molecule has 0 heterocycles. The van der Waals surface area contributed by atoms with E-state index in [-0.39, 0.29) is 23.0 Å². The summed E-state index contributed by atoms with van der Waals surface area (Å²) in [6.45, 7) is 3.89. The summed E-state index contributed by atoms with van der Waals surface area (Å²) in [5, 5.41) is 11.1. The fraction of sp³-hybridized carbons (Fsp3) is 0.538. The van der Waals surface area contributed by atoms with Crippen molar-refractivity contribution in [3.8, 4) is 0 Å². The van der Waals surface area contributed by atoms with Gasteiger partial charge in [-0.25, -0.2) is 0 Å². The van der Waals surface area contributed by atoms with E-state index in [4.69, 9.17) is 23.2 Å². The molecule has 0 unspecified atom stereocenters. The predicted molar refractivity (Wildman–Crippen MR) is 78.9 cm³/mol. The van der Waals surface area contributed by atoms with E-state index in [1.165, 1.54) is 0 Å². The van der Waals surface area contributed by atoms with Gasteiger partial charge in [0.05, 0.1) is 42.4 Å². The predicted octanol–water partition coefficient (Wildman–Crippen LogP) is 0.331. The summed E-state index contributed by atoms with van der Waals surface area (Å²) in [4.78, 5) is 10.8. The Hall–Kier alpha value is -0.550. The average Bonchev–Trinajstić information content (AvgIpc) is 2.31. The van der Waals surface area contributed by atoms with Crippen LogP contribution in [0.1, 0.15) is 11.1 Å². The Bertz CT molecular complexity index is 449. The van der Waals surface area contributed by atoms with Crippen molar-refractivity contribution in [3.05, 3.63) is 39.4 Å². The molecule has 0 aliphatic heterocycles. The molecule has 0 aliphatic carbocycles. The minimum Gasteiger partial charge on any atom is -1.00 e. The quantitative estimate of drug-likeness (QED) is 0.310. The van der Waals surface area contributed by atoms with Crippen LogP contribution >= 0.6 is 23.2 Å². The Morgan fingerprint density at radius 3 is 2.25 bits per heavy atom. The lowest BCUT2D eigenvalue weighted by Gasteiger charge is -2.33. The van der Waals surface area contributed by atoms with Crippen molar-refractivity contribution < 1.29 is 21.8 Å². The molecule has 0 aromatic heterocycles. The summed E-state index contributed by atoms with van der Waals surface area (Å²) in [6, 6.07) is 5.33. The Kier molecular flexibility index (Phi) is 8.44. The zero-order valence-electron chi connectivity index (χ0n) is 11.6. The van der Waals surface area contributed by atoms with E-state index in [1.54, 1.807) is 6.07 Å². The van der Waals surface area contributed by atoms with E-state index < -0.39 is 0 Å².